The number of ether oxygens (including phenoxy) is 1. The van der Waals surface area contributed by atoms with Gasteiger partial charge in [0.25, 0.3) is 0 Å². The van der Waals surface area contributed by atoms with Crippen LogP contribution in [0.4, 0.5) is 0 Å². The fourth-order valence-corrected chi connectivity index (χ4v) is 1.35. The molecule has 0 saturated heterocycles. The molecule has 0 aliphatic carbocycles. The Kier molecular flexibility index (Phi) is 7.42. The zero-order valence-electron chi connectivity index (χ0n) is 11.8. The molecule has 0 heterocycles. The van der Waals surface area contributed by atoms with Gasteiger partial charge < -0.3 is 4.74 Å². The van der Waals surface area contributed by atoms with E-state index < -0.39 is 11.9 Å². The highest BCUT2D eigenvalue weighted by Gasteiger charge is 2.13. The molecule has 0 aliphatic heterocycles. The molecule has 0 atom stereocenters. The van der Waals surface area contributed by atoms with Crippen LogP contribution in [-0.4, -0.2) is 26.2 Å². The van der Waals surface area contributed by atoms with Crippen LogP contribution in [0.5, 0.6) is 0 Å². The Labute approximate surface area is 123 Å². The van der Waals surface area contributed by atoms with Gasteiger partial charge in [0.15, 0.2) is 0 Å². The number of hydrogen-bond acceptors (Lipinski definition) is 5. The maximum absolute atomic E-state index is 11.6. The quantitative estimate of drug-likeness (QED) is 0.376. The zero-order chi connectivity index (χ0) is 15.5. The molecule has 0 N–H and O–H groups in total. The lowest BCUT2D eigenvalue weighted by molar-refractivity contribution is -0.248. The lowest BCUT2D eigenvalue weighted by atomic mass is 10.2. The highest BCUT2D eigenvalue weighted by atomic mass is 17.2. The minimum absolute atomic E-state index is 0.358. The van der Waals surface area contributed by atoms with Crippen molar-refractivity contribution in [2.45, 2.75) is 0 Å². The highest BCUT2D eigenvalue weighted by molar-refractivity contribution is 6.02. The van der Waals surface area contributed by atoms with Gasteiger partial charge in [-0.1, -0.05) is 36.4 Å². The summed E-state index contributed by atoms with van der Waals surface area (Å²) in [5.74, 6) is -1.28. The van der Waals surface area contributed by atoms with Crippen molar-refractivity contribution in [1.29, 1.82) is 0 Å². The normalized spacial score (nSPS) is 9.24. The number of rotatable bonds is 3. The van der Waals surface area contributed by atoms with Crippen LogP contribution in [0.15, 0.2) is 60.7 Å². The molecule has 5 heteroatoms. The van der Waals surface area contributed by atoms with E-state index in [0.29, 0.717) is 11.1 Å². The minimum atomic E-state index is -0.639. The van der Waals surface area contributed by atoms with E-state index in [1.54, 1.807) is 60.7 Å². The number of esters is 2. The summed E-state index contributed by atoms with van der Waals surface area (Å²) in [6, 6.07) is 16.8. The van der Waals surface area contributed by atoms with Crippen molar-refractivity contribution in [3.63, 3.8) is 0 Å². The molecule has 0 saturated carbocycles. The monoisotopic (exact) mass is 288 g/mol. The molecule has 0 aliphatic rings. The molecule has 0 radical (unpaired) electrons. The van der Waals surface area contributed by atoms with Gasteiger partial charge in [-0.25, -0.2) is 19.4 Å². The summed E-state index contributed by atoms with van der Waals surface area (Å²) in [5.41, 5.74) is 0.716. The van der Waals surface area contributed by atoms with Crippen molar-refractivity contribution >= 4 is 11.9 Å². The lowest BCUT2D eigenvalue weighted by Crippen LogP contribution is -2.12. The van der Waals surface area contributed by atoms with Gasteiger partial charge in [-0.15, -0.1) is 0 Å². The van der Waals surface area contributed by atoms with Crippen LogP contribution in [0.25, 0.3) is 0 Å². The van der Waals surface area contributed by atoms with E-state index in [4.69, 9.17) is 4.74 Å². The summed E-state index contributed by atoms with van der Waals surface area (Å²) in [6.45, 7) is 0. The van der Waals surface area contributed by atoms with Crippen LogP contribution in [0.1, 0.15) is 20.7 Å². The first-order valence-electron chi connectivity index (χ1n) is 6.12. The molecule has 2 aromatic rings. The first-order chi connectivity index (χ1) is 10.2. The van der Waals surface area contributed by atoms with Gasteiger partial charge in [0, 0.05) is 0 Å². The van der Waals surface area contributed by atoms with Crippen LogP contribution in [0, 0.1) is 0 Å². The van der Waals surface area contributed by atoms with E-state index in [0.717, 1.165) is 0 Å². The van der Waals surface area contributed by atoms with Crippen molar-refractivity contribution in [3.8, 4) is 0 Å². The first-order valence-corrected chi connectivity index (χ1v) is 6.12. The predicted octanol–water partition coefficient (Wildman–Crippen LogP) is 2.88. The summed E-state index contributed by atoms with van der Waals surface area (Å²) in [4.78, 5) is 31.3. The third-order valence-corrected chi connectivity index (χ3v) is 2.37. The Morgan fingerprint density at radius 1 is 0.667 bits per heavy atom. The Morgan fingerprint density at radius 3 is 1.29 bits per heavy atom. The summed E-state index contributed by atoms with van der Waals surface area (Å²) >= 11 is 0. The van der Waals surface area contributed by atoms with Crippen LogP contribution < -0.4 is 0 Å². The maximum Gasteiger partial charge on any atom is 0.346 e. The Balaban J connectivity index is 0.000000491. The summed E-state index contributed by atoms with van der Waals surface area (Å²) in [7, 11) is 2.92. The molecule has 0 aromatic heterocycles. The molecular formula is C16H16O5. The van der Waals surface area contributed by atoms with E-state index in [1.165, 1.54) is 14.2 Å². The minimum Gasteiger partial charge on any atom is -0.386 e. The Bertz CT molecular complexity index is 500. The van der Waals surface area contributed by atoms with Gasteiger partial charge in [-0.3, -0.25) is 0 Å². The molecule has 5 nitrogen and oxygen atoms in total. The van der Waals surface area contributed by atoms with Crippen LogP contribution in [0.3, 0.4) is 0 Å². The first kappa shape index (κ1) is 16.6. The topological polar surface area (TPSA) is 61.8 Å². The maximum atomic E-state index is 11.6. The molecule has 2 rings (SSSR count). The second-order valence-corrected chi connectivity index (χ2v) is 3.74. The number of carbonyl (C=O) groups is 2. The van der Waals surface area contributed by atoms with Gasteiger partial charge in [-0.05, 0) is 24.3 Å². The van der Waals surface area contributed by atoms with Crippen molar-refractivity contribution in [3.05, 3.63) is 71.8 Å². The van der Waals surface area contributed by atoms with E-state index in [2.05, 4.69) is 9.78 Å². The average molecular weight is 288 g/mol. The summed E-state index contributed by atoms with van der Waals surface area (Å²) in [5, 5.41) is 0. The number of hydrogen-bond donors (Lipinski definition) is 0. The van der Waals surface area contributed by atoms with Crippen LogP contribution >= 0.6 is 0 Å². The van der Waals surface area contributed by atoms with E-state index in [1.807, 2.05) is 0 Å². The molecule has 110 valence electrons. The molecular weight excluding hydrogens is 272 g/mol. The van der Waals surface area contributed by atoms with Crippen molar-refractivity contribution in [1.82, 2.24) is 0 Å². The summed E-state index contributed by atoms with van der Waals surface area (Å²) < 4.78 is 4.74. The second kappa shape index (κ2) is 9.41. The highest BCUT2D eigenvalue weighted by Crippen LogP contribution is 2.05. The third kappa shape index (κ3) is 5.99. The van der Waals surface area contributed by atoms with Gasteiger partial charge >= 0.3 is 11.9 Å². The SMILES string of the molecule is COOC.O=C(OC(=O)c1ccccc1)c1ccccc1. The Hall–Kier alpha value is -2.50. The average Bonchev–Trinajstić information content (AvgIpc) is 2.56. The molecule has 0 spiro atoms. The van der Waals surface area contributed by atoms with E-state index in [-0.39, 0.29) is 0 Å². The van der Waals surface area contributed by atoms with E-state index >= 15 is 0 Å². The summed E-state index contributed by atoms with van der Waals surface area (Å²) in [6.07, 6.45) is 0. The van der Waals surface area contributed by atoms with Crippen molar-refractivity contribution in [2.75, 3.05) is 14.2 Å². The van der Waals surface area contributed by atoms with Crippen LogP contribution in [0.2, 0.25) is 0 Å². The fraction of sp³-hybridized carbons (Fsp3) is 0.125. The molecule has 0 fully saturated rings. The zero-order valence-corrected chi connectivity index (χ0v) is 11.8. The third-order valence-electron chi connectivity index (χ3n) is 2.37. The molecule has 0 bridgehead atoms. The molecule has 21 heavy (non-hydrogen) atoms. The smallest absolute Gasteiger partial charge is 0.346 e. The lowest BCUT2D eigenvalue weighted by Gasteiger charge is -2.02. The Morgan fingerprint density at radius 2 is 1.00 bits per heavy atom. The number of benzene rings is 2. The standard InChI is InChI=1S/C14H10O3.C2H6O2/c15-13(11-7-3-1-4-8-11)17-14(16)12-9-5-2-6-10-12;1-3-4-2/h1-10H;1-2H3. The van der Waals surface area contributed by atoms with Gasteiger partial charge in [0.1, 0.15) is 0 Å². The largest absolute Gasteiger partial charge is 0.386 e. The molecule has 0 unspecified atom stereocenters. The second-order valence-electron chi connectivity index (χ2n) is 3.74. The van der Waals surface area contributed by atoms with Crippen LogP contribution in [-0.2, 0) is 14.5 Å². The fourth-order valence-electron chi connectivity index (χ4n) is 1.35. The van der Waals surface area contributed by atoms with Gasteiger partial charge in [0.2, 0.25) is 0 Å². The molecule has 2 aromatic carbocycles. The van der Waals surface area contributed by atoms with Crippen molar-refractivity contribution in [2.24, 2.45) is 0 Å². The van der Waals surface area contributed by atoms with Gasteiger partial charge in [-0.2, -0.15) is 0 Å². The van der Waals surface area contributed by atoms with E-state index in [9.17, 15) is 9.59 Å². The van der Waals surface area contributed by atoms with Gasteiger partial charge in [0.05, 0.1) is 25.3 Å². The number of carbonyl (C=O) groups excluding carboxylic acids is 2. The predicted molar refractivity (Wildman–Crippen MR) is 76.6 cm³/mol. The van der Waals surface area contributed by atoms with Crippen molar-refractivity contribution < 1.29 is 24.1 Å². The molecule has 0 amide bonds.